The van der Waals surface area contributed by atoms with Crippen molar-refractivity contribution in [2.75, 3.05) is 5.73 Å². The predicted molar refractivity (Wildman–Crippen MR) is 61.3 cm³/mol. The van der Waals surface area contributed by atoms with Gasteiger partial charge in [-0.25, -0.2) is 0 Å². The largest absolute Gasteiger partial charge is 0.397 e. The normalized spacial score (nSPS) is 11.6. The van der Waals surface area contributed by atoms with Crippen LogP contribution in [0.15, 0.2) is 36.7 Å². The van der Waals surface area contributed by atoms with E-state index in [2.05, 4.69) is 4.98 Å². The van der Waals surface area contributed by atoms with Crippen molar-refractivity contribution in [2.24, 2.45) is 0 Å². The van der Waals surface area contributed by atoms with Crippen LogP contribution in [0.1, 0.15) is 12.5 Å². The van der Waals surface area contributed by atoms with E-state index in [1.165, 1.54) is 0 Å². The van der Waals surface area contributed by atoms with Crippen molar-refractivity contribution in [3.05, 3.63) is 47.3 Å². The highest BCUT2D eigenvalue weighted by molar-refractivity contribution is 6.33. The Morgan fingerprint density at radius 2 is 2.21 bits per heavy atom. The Kier molecular flexibility index (Phi) is 4.20. The lowest BCUT2D eigenvalue weighted by atomic mass is 10.1. The number of nitrogen functional groups attached to an aromatic ring is 1. The predicted octanol–water partition coefficient (Wildman–Crippen LogP) is 2.99. The first-order valence-corrected chi connectivity index (χ1v) is 4.79. The SMILES string of the molecule is C/C=C\C=C/Cc1cncc(Cl)c1N. The molecule has 0 aliphatic rings. The Morgan fingerprint density at radius 1 is 1.43 bits per heavy atom. The molecular weight excluding hydrogens is 196 g/mol. The van der Waals surface area contributed by atoms with Gasteiger partial charge in [-0.15, -0.1) is 0 Å². The minimum Gasteiger partial charge on any atom is -0.397 e. The number of aromatic nitrogens is 1. The number of halogens is 1. The zero-order valence-corrected chi connectivity index (χ0v) is 8.83. The molecule has 0 bridgehead atoms. The summed E-state index contributed by atoms with van der Waals surface area (Å²) in [5.41, 5.74) is 7.35. The topological polar surface area (TPSA) is 38.9 Å². The summed E-state index contributed by atoms with van der Waals surface area (Å²) < 4.78 is 0. The summed E-state index contributed by atoms with van der Waals surface area (Å²) in [6.45, 7) is 1.97. The van der Waals surface area contributed by atoms with Crippen LogP contribution < -0.4 is 5.73 Å². The fourth-order valence-corrected chi connectivity index (χ4v) is 1.21. The number of pyridine rings is 1. The van der Waals surface area contributed by atoms with E-state index in [-0.39, 0.29) is 0 Å². The molecule has 1 rings (SSSR count). The highest BCUT2D eigenvalue weighted by Gasteiger charge is 2.00. The van der Waals surface area contributed by atoms with Crippen molar-refractivity contribution in [2.45, 2.75) is 13.3 Å². The highest BCUT2D eigenvalue weighted by Crippen LogP contribution is 2.21. The summed E-state index contributed by atoms with van der Waals surface area (Å²) in [5.74, 6) is 0. The second kappa shape index (κ2) is 5.45. The van der Waals surface area contributed by atoms with Crippen molar-refractivity contribution < 1.29 is 0 Å². The molecule has 0 spiro atoms. The van der Waals surface area contributed by atoms with Gasteiger partial charge in [0, 0.05) is 12.4 Å². The van der Waals surface area contributed by atoms with E-state index >= 15 is 0 Å². The maximum absolute atomic E-state index is 5.83. The molecular formula is C11H13ClN2. The van der Waals surface area contributed by atoms with Crippen molar-refractivity contribution in [1.82, 2.24) is 4.98 Å². The number of nitrogens with two attached hydrogens (primary N) is 1. The molecule has 74 valence electrons. The third-order valence-electron chi connectivity index (χ3n) is 1.80. The second-order valence-corrected chi connectivity index (χ2v) is 3.26. The number of nitrogens with zero attached hydrogens (tertiary/aromatic N) is 1. The van der Waals surface area contributed by atoms with Crippen LogP contribution >= 0.6 is 11.6 Å². The monoisotopic (exact) mass is 208 g/mol. The number of hydrogen-bond acceptors (Lipinski definition) is 2. The Balaban J connectivity index is 2.72. The first-order valence-electron chi connectivity index (χ1n) is 4.41. The Bertz CT molecular complexity index is 356. The van der Waals surface area contributed by atoms with Gasteiger partial charge < -0.3 is 5.73 Å². The summed E-state index contributed by atoms with van der Waals surface area (Å²) in [5, 5.41) is 0.516. The molecule has 2 N–H and O–H groups in total. The van der Waals surface area contributed by atoms with E-state index in [0.717, 1.165) is 12.0 Å². The van der Waals surface area contributed by atoms with Gasteiger partial charge in [0.25, 0.3) is 0 Å². The van der Waals surface area contributed by atoms with Crippen LogP contribution in [0.25, 0.3) is 0 Å². The van der Waals surface area contributed by atoms with Gasteiger partial charge >= 0.3 is 0 Å². The van der Waals surface area contributed by atoms with Gasteiger partial charge in [-0.1, -0.05) is 35.9 Å². The minimum absolute atomic E-state index is 0.516. The molecule has 0 saturated heterocycles. The van der Waals surface area contributed by atoms with Gasteiger partial charge in [0.1, 0.15) is 0 Å². The molecule has 0 aliphatic carbocycles. The third kappa shape index (κ3) is 2.89. The average molecular weight is 209 g/mol. The van der Waals surface area contributed by atoms with Crippen LogP contribution in [-0.4, -0.2) is 4.98 Å². The average Bonchev–Trinajstić information content (AvgIpc) is 2.19. The minimum atomic E-state index is 0.516. The van der Waals surface area contributed by atoms with Crippen LogP contribution in [0, 0.1) is 0 Å². The quantitative estimate of drug-likeness (QED) is 0.776. The summed E-state index contributed by atoms with van der Waals surface area (Å²) in [6.07, 6.45) is 12.0. The molecule has 0 aromatic carbocycles. The summed E-state index contributed by atoms with van der Waals surface area (Å²) in [7, 11) is 0. The Hall–Kier alpha value is -1.28. The van der Waals surface area contributed by atoms with Gasteiger partial charge in [-0.05, 0) is 18.9 Å². The molecule has 0 amide bonds. The summed E-state index contributed by atoms with van der Waals surface area (Å²) in [6, 6.07) is 0. The fourth-order valence-electron chi connectivity index (χ4n) is 1.03. The highest BCUT2D eigenvalue weighted by atomic mass is 35.5. The lowest BCUT2D eigenvalue weighted by Gasteiger charge is -2.02. The van der Waals surface area contributed by atoms with Crippen LogP contribution in [-0.2, 0) is 6.42 Å². The van der Waals surface area contributed by atoms with E-state index < -0.39 is 0 Å². The first-order chi connectivity index (χ1) is 6.75. The number of allylic oxidation sites excluding steroid dienone is 4. The van der Waals surface area contributed by atoms with E-state index in [4.69, 9.17) is 17.3 Å². The van der Waals surface area contributed by atoms with Crippen LogP contribution in [0.2, 0.25) is 5.02 Å². The standard InChI is InChI=1S/C11H13ClN2/c1-2-3-4-5-6-9-7-14-8-10(12)11(9)13/h2-5,7-8H,6H2,1H3,(H2,13,14)/b3-2-,5-4-. The van der Waals surface area contributed by atoms with E-state index in [1.54, 1.807) is 12.4 Å². The Labute approximate surface area is 89.1 Å². The van der Waals surface area contributed by atoms with Gasteiger partial charge in [-0.3, -0.25) is 4.98 Å². The smallest absolute Gasteiger partial charge is 0.0821 e. The van der Waals surface area contributed by atoms with Gasteiger partial charge in [0.15, 0.2) is 0 Å². The molecule has 0 atom stereocenters. The lowest BCUT2D eigenvalue weighted by molar-refractivity contribution is 1.19. The van der Waals surface area contributed by atoms with Crippen LogP contribution in [0.4, 0.5) is 5.69 Å². The van der Waals surface area contributed by atoms with Crippen molar-refractivity contribution in [3.63, 3.8) is 0 Å². The molecule has 3 heteroatoms. The molecule has 0 aliphatic heterocycles. The van der Waals surface area contributed by atoms with Crippen molar-refractivity contribution in [3.8, 4) is 0 Å². The Morgan fingerprint density at radius 3 is 2.93 bits per heavy atom. The van der Waals surface area contributed by atoms with E-state index in [9.17, 15) is 0 Å². The molecule has 0 saturated carbocycles. The van der Waals surface area contributed by atoms with Gasteiger partial charge in [0.2, 0.25) is 0 Å². The maximum Gasteiger partial charge on any atom is 0.0821 e. The van der Waals surface area contributed by atoms with Crippen LogP contribution in [0.5, 0.6) is 0 Å². The molecule has 0 fully saturated rings. The van der Waals surface area contributed by atoms with E-state index in [0.29, 0.717) is 10.7 Å². The zero-order chi connectivity index (χ0) is 10.4. The lowest BCUT2D eigenvalue weighted by Crippen LogP contribution is -1.95. The molecule has 14 heavy (non-hydrogen) atoms. The summed E-state index contributed by atoms with van der Waals surface area (Å²) in [4.78, 5) is 3.98. The maximum atomic E-state index is 5.83. The molecule has 1 aromatic heterocycles. The summed E-state index contributed by atoms with van der Waals surface area (Å²) >= 11 is 5.83. The third-order valence-corrected chi connectivity index (χ3v) is 2.10. The van der Waals surface area contributed by atoms with Crippen molar-refractivity contribution in [1.29, 1.82) is 0 Å². The number of hydrogen-bond donors (Lipinski definition) is 1. The fraction of sp³-hybridized carbons (Fsp3) is 0.182. The zero-order valence-electron chi connectivity index (χ0n) is 8.07. The number of rotatable bonds is 3. The van der Waals surface area contributed by atoms with Crippen molar-refractivity contribution >= 4 is 17.3 Å². The van der Waals surface area contributed by atoms with Crippen LogP contribution in [0.3, 0.4) is 0 Å². The number of anilines is 1. The molecule has 1 aromatic rings. The second-order valence-electron chi connectivity index (χ2n) is 2.85. The molecule has 2 nitrogen and oxygen atoms in total. The molecule has 1 heterocycles. The molecule has 0 radical (unpaired) electrons. The van der Waals surface area contributed by atoms with E-state index in [1.807, 2.05) is 31.2 Å². The van der Waals surface area contributed by atoms with Gasteiger partial charge in [0.05, 0.1) is 10.7 Å². The molecule has 0 unspecified atom stereocenters. The van der Waals surface area contributed by atoms with Gasteiger partial charge in [-0.2, -0.15) is 0 Å². The first kappa shape index (κ1) is 10.8.